The van der Waals surface area contributed by atoms with E-state index in [2.05, 4.69) is 4.98 Å². The van der Waals surface area contributed by atoms with Crippen LogP contribution in [0.25, 0.3) is 0 Å². The van der Waals surface area contributed by atoms with Crippen LogP contribution in [-0.2, 0) is 16.1 Å². The number of rotatable bonds is 7. The highest BCUT2D eigenvalue weighted by Gasteiger charge is 2.15. The molecule has 0 aliphatic carbocycles. The van der Waals surface area contributed by atoms with Crippen LogP contribution in [0.2, 0.25) is 0 Å². The predicted octanol–water partition coefficient (Wildman–Crippen LogP) is 2.94. The Bertz CT molecular complexity index is 586. The summed E-state index contributed by atoms with van der Waals surface area (Å²) in [7, 11) is 1.65. The van der Waals surface area contributed by atoms with Crippen molar-refractivity contribution in [2.24, 2.45) is 0 Å². The molecule has 0 aliphatic rings. The summed E-state index contributed by atoms with van der Waals surface area (Å²) in [4.78, 5) is 17.4. The van der Waals surface area contributed by atoms with E-state index in [4.69, 9.17) is 9.84 Å². The number of hydrogen-bond donors (Lipinski definition) is 1. The molecule has 0 saturated heterocycles. The summed E-state index contributed by atoms with van der Waals surface area (Å²) in [5.41, 5.74) is 1.72. The molecule has 21 heavy (non-hydrogen) atoms. The van der Waals surface area contributed by atoms with Crippen LogP contribution in [0.4, 0.5) is 5.69 Å². The Hall–Kier alpha value is -1.92. The normalized spacial score (nSPS) is 12.1. The number of nitrogens with zero attached hydrogens (tertiary/aromatic N) is 2. The van der Waals surface area contributed by atoms with Crippen LogP contribution < -0.4 is 4.90 Å². The maximum Gasteiger partial charge on any atom is 0.323 e. The Kier molecular flexibility index (Phi) is 5.30. The molecule has 112 valence electrons. The number of carbonyl (C=O) groups is 1. The minimum atomic E-state index is -0.862. The van der Waals surface area contributed by atoms with E-state index in [-0.39, 0.29) is 12.6 Å². The number of ether oxygens (including phenoxy) is 1. The zero-order valence-electron chi connectivity index (χ0n) is 12.0. The van der Waals surface area contributed by atoms with Gasteiger partial charge in [-0.05, 0) is 19.1 Å². The summed E-state index contributed by atoms with van der Waals surface area (Å²) in [5.74, 6) is -0.862. The summed E-state index contributed by atoms with van der Waals surface area (Å²) in [6.07, 6.45) is -0.0478. The van der Waals surface area contributed by atoms with Crippen LogP contribution in [0, 0.1) is 0 Å². The maximum absolute atomic E-state index is 11.1. The summed E-state index contributed by atoms with van der Waals surface area (Å²) in [6, 6.07) is 9.49. The van der Waals surface area contributed by atoms with E-state index in [0.717, 1.165) is 16.4 Å². The number of anilines is 1. The number of thiazole rings is 1. The third kappa shape index (κ3) is 4.27. The molecule has 0 radical (unpaired) electrons. The molecular formula is C15H18N2O3S. The Balaban J connectivity index is 2.15. The first kappa shape index (κ1) is 15.5. The molecule has 1 N–H and O–H groups in total. The molecule has 2 rings (SSSR count). The van der Waals surface area contributed by atoms with Crippen molar-refractivity contribution in [1.82, 2.24) is 4.98 Å². The molecule has 5 nitrogen and oxygen atoms in total. The van der Waals surface area contributed by atoms with Gasteiger partial charge in [-0.1, -0.05) is 18.2 Å². The molecule has 1 aromatic carbocycles. The van der Waals surface area contributed by atoms with Gasteiger partial charge in [-0.15, -0.1) is 11.3 Å². The van der Waals surface area contributed by atoms with Crippen LogP contribution in [0.1, 0.15) is 23.7 Å². The van der Waals surface area contributed by atoms with E-state index in [0.29, 0.717) is 6.54 Å². The van der Waals surface area contributed by atoms with Crippen molar-refractivity contribution in [3.8, 4) is 0 Å². The second-order valence-corrected chi connectivity index (χ2v) is 5.53. The third-order valence-electron chi connectivity index (χ3n) is 3.07. The first-order chi connectivity index (χ1) is 10.1. The SMILES string of the molecule is COC(C)c1nc(CN(CC(=O)O)c2ccccc2)cs1. The van der Waals surface area contributed by atoms with E-state index >= 15 is 0 Å². The average Bonchev–Trinajstić information content (AvgIpc) is 2.95. The first-order valence-corrected chi connectivity index (χ1v) is 7.47. The highest BCUT2D eigenvalue weighted by Crippen LogP contribution is 2.22. The molecule has 2 aromatic rings. The number of benzene rings is 1. The lowest BCUT2D eigenvalue weighted by molar-refractivity contribution is -0.135. The van der Waals surface area contributed by atoms with Crippen LogP contribution in [-0.4, -0.2) is 29.7 Å². The van der Waals surface area contributed by atoms with Gasteiger partial charge in [0.05, 0.1) is 12.2 Å². The number of methoxy groups -OCH3 is 1. The van der Waals surface area contributed by atoms with Gasteiger partial charge in [-0.3, -0.25) is 4.79 Å². The van der Waals surface area contributed by atoms with E-state index in [9.17, 15) is 4.79 Å². The van der Waals surface area contributed by atoms with E-state index in [1.807, 2.05) is 42.6 Å². The van der Waals surface area contributed by atoms with E-state index < -0.39 is 5.97 Å². The molecule has 0 aliphatic heterocycles. The van der Waals surface area contributed by atoms with Gasteiger partial charge in [0.1, 0.15) is 17.7 Å². The molecule has 1 heterocycles. The van der Waals surface area contributed by atoms with Gasteiger partial charge in [0.15, 0.2) is 0 Å². The Labute approximate surface area is 127 Å². The Morgan fingerprint density at radius 2 is 2.14 bits per heavy atom. The van der Waals surface area contributed by atoms with Crippen LogP contribution in [0.15, 0.2) is 35.7 Å². The van der Waals surface area contributed by atoms with Crippen molar-refractivity contribution >= 4 is 23.0 Å². The minimum absolute atomic E-state index is 0.0478. The lowest BCUT2D eigenvalue weighted by Gasteiger charge is -2.21. The monoisotopic (exact) mass is 306 g/mol. The lowest BCUT2D eigenvalue weighted by atomic mass is 10.2. The van der Waals surface area contributed by atoms with Crippen LogP contribution in [0.3, 0.4) is 0 Å². The van der Waals surface area contributed by atoms with Gasteiger partial charge in [-0.25, -0.2) is 4.98 Å². The molecule has 6 heteroatoms. The van der Waals surface area contributed by atoms with Crippen LogP contribution >= 0.6 is 11.3 Å². The number of aromatic nitrogens is 1. The minimum Gasteiger partial charge on any atom is -0.480 e. The van der Waals surface area contributed by atoms with Crippen molar-refractivity contribution in [2.45, 2.75) is 19.6 Å². The fourth-order valence-corrected chi connectivity index (χ4v) is 2.76. The maximum atomic E-state index is 11.1. The Morgan fingerprint density at radius 3 is 2.76 bits per heavy atom. The number of hydrogen-bond acceptors (Lipinski definition) is 5. The van der Waals surface area contributed by atoms with Crippen molar-refractivity contribution in [2.75, 3.05) is 18.6 Å². The van der Waals surface area contributed by atoms with Crippen LogP contribution in [0.5, 0.6) is 0 Å². The molecule has 0 amide bonds. The lowest BCUT2D eigenvalue weighted by Crippen LogP contribution is -2.29. The second kappa shape index (κ2) is 7.19. The van der Waals surface area contributed by atoms with Crippen molar-refractivity contribution in [3.05, 3.63) is 46.4 Å². The number of carboxylic acid groups (broad SMARTS) is 1. The van der Waals surface area contributed by atoms with E-state index in [1.165, 1.54) is 11.3 Å². The zero-order chi connectivity index (χ0) is 15.2. The molecular weight excluding hydrogens is 288 g/mol. The summed E-state index contributed by atoms with van der Waals surface area (Å²) in [6.45, 7) is 2.34. The van der Waals surface area contributed by atoms with Gasteiger partial charge < -0.3 is 14.7 Å². The molecule has 1 unspecified atom stereocenters. The van der Waals surface area contributed by atoms with Gasteiger partial charge in [0.25, 0.3) is 0 Å². The van der Waals surface area contributed by atoms with Gasteiger partial charge in [0.2, 0.25) is 0 Å². The quantitative estimate of drug-likeness (QED) is 0.852. The second-order valence-electron chi connectivity index (χ2n) is 4.64. The number of para-hydroxylation sites is 1. The fraction of sp³-hybridized carbons (Fsp3) is 0.333. The highest BCUT2D eigenvalue weighted by atomic mass is 32.1. The van der Waals surface area contributed by atoms with Crippen molar-refractivity contribution in [3.63, 3.8) is 0 Å². The summed E-state index contributed by atoms with van der Waals surface area (Å²) >= 11 is 1.53. The smallest absolute Gasteiger partial charge is 0.323 e. The number of aliphatic carboxylic acids is 1. The molecule has 1 atom stereocenters. The Morgan fingerprint density at radius 1 is 1.43 bits per heavy atom. The zero-order valence-corrected chi connectivity index (χ0v) is 12.8. The standard InChI is InChI=1S/C15H18N2O3S/c1-11(20-2)15-16-12(10-21-15)8-17(9-14(18)19)13-6-4-3-5-7-13/h3-7,10-11H,8-9H2,1-2H3,(H,18,19). The predicted molar refractivity (Wildman–Crippen MR) is 82.7 cm³/mol. The first-order valence-electron chi connectivity index (χ1n) is 6.59. The topological polar surface area (TPSA) is 62.7 Å². The summed E-state index contributed by atoms with van der Waals surface area (Å²) < 4.78 is 5.24. The van der Waals surface area contributed by atoms with Crippen molar-refractivity contribution in [1.29, 1.82) is 0 Å². The fourth-order valence-electron chi connectivity index (χ4n) is 1.92. The van der Waals surface area contributed by atoms with Gasteiger partial charge in [0, 0.05) is 18.2 Å². The largest absolute Gasteiger partial charge is 0.480 e. The molecule has 0 saturated carbocycles. The summed E-state index contributed by atoms with van der Waals surface area (Å²) in [5, 5.41) is 11.9. The van der Waals surface area contributed by atoms with E-state index in [1.54, 1.807) is 12.0 Å². The molecule has 0 fully saturated rings. The third-order valence-corrected chi connectivity index (χ3v) is 4.13. The molecule has 0 spiro atoms. The average molecular weight is 306 g/mol. The van der Waals surface area contributed by atoms with Gasteiger partial charge in [-0.2, -0.15) is 0 Å². The highest BCUT2D eigenvalue weighted by molar-refractivity contribution is 7.09. The van der Waals surface area contributed by atoms with Crippen molar-refractivity contribution < 1.29 is 14.6 Å². The number of carboxylic acids is 1. The molecule has 1 aromatic heterocycles. The van der Waals surface area contributed by atoms with Gasteiger partial charge >= 0.3 is 5.97 Å². The molecule has 0 bridgehead atoms.